The van der Waals surface area contributed by atoms with Gasteiger partial charge < -0.3 is 19.7 Å². The molecule has 0 bridgehead atoms. The predicted molar refractivity (Wildman–Crippen MR) is 120 cm³/mol. The van der Waals surface area contributed by atoms with Crippen molar-refractivity contribution >= 4 is 33.3 Å². The van der Waals surface area contributed by atoms with E-state index >= 15 is 0 Å². The number of thiophene rings is 1. The van der Waals surface area contributed by atoms with E-state index in [1.54, 1.807) is 17.7 Å². The molecule has 1 aromatic carbocycles. The summed E-state index contributed by atoms with van der Waals surface area (Å²) < 4.78 is 10.8. The third-order valence-electron chi connectivity index (χ3n) is 5.94. The maximum absolute atomic E-state index is 12.8. The first kappa shape index (κ1) is 20.0. The lowest BCUT2D eigenvalue weighted by atomic mass is 10.1. The number of fused-ring (bicyclic) bond motifs is 2. The summed E-state index contributed by atoms with van der Waals surface area (Å²) in [5, 5.41) is 4.26. The van der Waals surface area contributed by atoms with Crippen LogP contribution in [0.3, 0.4) is 0 Å². The van der Waals surface area contributed by atoms with Crippen molar-refractivity contribution in [2.24, 2.45) is 0 Å². The predicted octanol–water partition coefficient (Wildman–Crippen LogP) is 2.79. The van der Waals surface area contributed by atoms with Crippen LogP contribution >= 0.6 is 11.3 Å². The van der Waals surface area contributed by atoms with E-state index in [-0.39, 0.29) is 12.5 Å². The van der Waals surface area contributed by atoms with Gasteiger partial charge >= 0.3 is 0 Å². The highest BCUT2D eigenvalue weighted by Crippen LogP contribution is 2.33. The standard InChI is InChI=1S/C22H25N5O3S/c1-14-15(2)31-22-20(14)21(24-12-25-22)23-10-19(28)27-7-5-26(6-8-27)11-16-3-4-17-18(9-16)30-13-29-17/h3-4,9,12H,5-8,10-11,13H2,1-2H3,(H,23,24,25). The molecule has 0 radical (unpaired) electrons. The summed E-state index contributed by atoms with van der Waals surface area (Å²) in [7, 11) is 0. The first-order chi connectivity index (χ1) is 15.1. The molecule has 0 atom stereocenters. The van der Waals surface area contributed by atoms with Gasteiger partial charge in [-0.25, -0.2) is 9.97 Å². The molecule has 2 aliphatic heterocycles. The van der Waals surface area contributed by atoms with Crippen LogP contribution in [-0.2, 0) is 11.3 Å². The maximum Gasteiger partial charge on any atom is 0.242 e. The Morgan fingerprint density at radius 3 is 2.77 bits per heavy atom. The molecule has 0 unspecified atom stereocenters. The maximum atomic E-state index is 12.8. The van der Waals surface area contributed by atoms with Gasteiger partial charge in [0.05, 0.1) is 11.9 Å². The molecule has 1 amide bonds. The number of nitrogens with one attached hydrogen (secondary N) is 1. The highest BCUT2D eigenvalue weighted by atomic mass is 32.1. The quantitative estimate of drug-likeness (QED) is 0.655. The van der Waals surface area contributed by atoms with Crippen molar-refractivity contribution in [3.8, 4) is 11.5 Å². The van der Waals surface area contributed by atoms with E-state index in [1.165, 1.54) is 16.0 Å². The Balaban J connectivity index is 1.15. The Morgan fingerprint density at radius 1 is 1.13 bits per heavy atom. The van der Waals surface area contributed by atoms with Gasteiger partial charge in [-0.1, -0.05) is 6.07 Å². The van der Waals surface area contributed by atoms with E-state index in [9.17, 15) is 4.79 Å². The first-order valence-corrected chi connectivity index (χ1v) is 11.2. The molecule has 5 rings (SSSR count). The van der Waals surface area contributed by atoms with Gasteiger partial charge in [-0.15, -0.1) is 11.3 Å². The number of ether oxygens (including phenoxy) is 2. The number of benzene rings is 1. The van der Waals surface area contributed by atoms with E-state index in [4.69, 9.17) is 9.47 Å². The molecule has 8 nitrogen and oxygen atoms in total. The van der Waals surface area contributed by atoms with Crippen LogP contribution in [0.2, 0.25) is 0 Å². The zero-order chi connectivity index (χ0) is 21.4. The van der Waals surface area contributed by atoms with Crippen LogP contribution in [0.1, 0.15) is 16.0 Å². The molecule has 0 saturated carbocycles. The van der Waals surface area contributed by atoms with Gasteiger partial charge in [0.25, 0.3) is 0 Å². The second kappa shape index (κ2) is 8.32. The number of anilines is 1. The Morgan fingerprint density at radius 2 is 1.94 bits per heavy atom. The van der Waals surface area contributed by atoms with Crippen LogP contribution in [0.25, 0.3) is 10.2 Å². The summed E-state index contributed by atoms with van der Waals surface area (Å²) >= 11 is 1.66. The van der Waals surface area contributed by atoms with Crippen LogP contribution in [0.4, 0.5) is 5.82 Å². The molecule has 4 heterocycles. The van der Waals surface area contributed by atoms with Crippen molar-refractivity contribution in [3.05, 3.63) is 40.5 Å². The summed E-state index contributed by atoms with van der Waals surface area (Å²) in [6, 6.07) is 6.08. The van der Waals surface area contributed by atoms with E-state index in [1.807, 2.05) is 17.0 Å². The molecule has 0 spiro atoms. The first-order valence-electron chi connectivity index (χ1n) is 10.4. The van der Waals surface area contributed by atoms with E-state index < -0.39 is 0 Å². The van der Waals surface area contributed by atoms with Crippen molar-refractivity contribution in [1.82, 2.24) is 19.8 Å². The van der Waals surface area contributed by atoms with Gasteiger partial charge in [-0.2, -0.15) is 0 Å². The number of amides is 1. The Kier molecular flexibility index (Phi) is 5.37. The zero-order valence-electron chi connectivity index (χ0n) is 17.7. The molecule has 162 valence electrons. The molecule has 2 aromatic heterocycles. The number of aryl methyl sites for hydroxylation is 2. The van der Waals surface area contributed by atoms with Crippen LogP contribution in [0.5, 0.6) is 11.5 Å². The number of aromatic nitrogens is 2. The fraction of sp³-hybridized carbons (Fsp3) is 0.409. The number of carbonyl (C=O) groups excluding carboxylic acids is 1. The molecular weight excluding hydrogens is 414 g/mol. The topological polar surface area (TPSA) is 79.8 Å². The third-order valence-corrected chi connectivity index (χ3v) is 7.06. The van der Waals surface area contributed by atoms with E-state index in [0.717, 1.165) is 60.3 Å². The Bertz CT molecular complexity index is 1120. The van der Waals surface area contributed by atoms with Gasteiger partial charge in [0.2, 0.25) is 12.7 Å². The number of hydrogen-bond acceptors (Lipinski definition) is 8. The number of hydrogen-bond donors (Lipinski definition) is 1. The second-order valence-electron chi connectivity index (χ2n) is 7.88. The minimum absolute atomic E-state index is 0.0964. The van der Waals surface area contributed by atoms with Gasteiger partial charge in [0.1, 0.15) is 17.0 Å². The van der Waals surface area contributed by atoms with E-state index in [2.05, 4.69) is 40.1 Å². The SMILES string of the molecule is Cc1sc2ncnc(NCC(=O)N3CCN(Cc4ccc5c(c4)OCO5)CC3)c2c1C. The smallest absolute Gasteiger partial charge is 0.242 e. The Labute approximate surface area is 184 Å². The molecule has 31 heavy (non-hydrogen) atoms. The fourth-order valence-electron chi connectivity index (χ4n) is 4.04. The van der Waals surface area contributed by atoms with Crippen molar-refractivity contribution in [1.29, 1.82) is 0 Å². The highest BCUT2D eigenvalue weighted by molar-refractivity contribution is 7.18. The average molecular weight is 440 g/mol. The molecular formula is C22H25N5O3S. The van der Waals surface area contributed by atoms with Gasteiger partial charge in [0.15, 0.2) is 11.5 Å². The minimum atomic E-state index is 0.0964. The largest absolute Gasteiger partial charge is 0.454 e. The molecule has 2 aliphatic rings. The lowest BCUT2D eigenvalue weighted by Gasteiger charge is -2.34. The lowest BCUT2D eigenvalue weighted by Crippen LogP contribution is -2.49. The Hall–Kier alpha value is -2.91. The molecule has 1 saturated heterocycles. The highest BCUT2D eigenvalue weighted by Gasteiger charge is 2.22. The number of piperazine rings is 1. The summed E-state index contributed by atoms with van der Waals surface area (Å²) in [5.41, 5.74) is 2.37. The number of rotatable bonds is 5. The fourth-order valence-corrected chi connectivity index (χ4v) is 5.04. The third kappa shape index (κ3) is 4.03. The normalized spacial score (nSPS) is 16.1. The van der Waals surface area contributed by atoms with Crippen molar-refractivity contribution in [3.63, 3.8) is 0 Å². The van der Waals surface area contributed by atoms with Crippen LogP contribution in [0.15, 0.2) is 24.5 Å². The molecule has 3 aromatic rings. The van der Waals surface area contributed by atoms with Crippen LogP contribution < -0.4 is 14.8 Å². The van der Waals surface area contributed by atoms with E-state index in [0.29, 0.717) is 6.79 Å². The van der Waals surface area contributed by atoms with Gasteiger partial charge in [-0.05, 0) is 37.1 Å². The zero-order valence-corrected chi connectivity index (χ0v) is 18.5. The number of nitrogens with zero attached hydrogens (tertiary/aromatic N) is 4. The average Bonchev–Trinajstić information content (AvgIpc) is 3.36. The van der Waals surface area contributed by atoms with Gasteiger partial charge in [0, 0.05) is 37.6 Å². The summed E-state index contributed by atoms with van der Waals surface area (Å²) in [5.74, 6) is 2.45. The minimum Gasteiger partial charge on any atom is -0.454 e. The number of carbonyl (C=O) groups is 1. The van der Waals surface area contributed by atoms with Gasteiger partial charge in [-0.3, -0.25) is 9.69 Å². The van der Waals surface area contributed by atoms with Crippen LogP contribution in [-0.4, -0.2) is 65.2 Å². The summed E-state index contributed by atoms with van der Waals surface area (Å²) in [4.78, 5) is 28.0. The summed E-state index contributed by atoms with van der Waals surface area (Å²) in [6.07, 6.45) is 1.55. The molecule has 1 N–H and O–H groups in total. The van der Waals surface area contributed by atoms with Crippen LogP contribution in [0, 0.1) is 13.8 Å². The van der Waals surface area contributed by atoms with Crippen molar-refractivity contribution in [2.45, 2.75) is 20.4 Å². The summed E-state index contributed by atoms with van der Waals surface area (Å²) in [6.45, 7) is 8.67. The monoisotopic (exact) mass is 439 g/mol. The van der Waals surface area contributed by atoms with Crippen molar-refractivity contribution in [2.75, 3.05) is 44.8 Å². The lowest BCUT2D eigenvalue weighted by molar-refractivity contribution is -0.131. The molecule has 0 aliphatic carbocycles. The second-order valence-corrected chi connectivity index (χ2v) is 9.09. The molecule has 1 fully saturated rings. The van der Waals surface area contributed by atoms with Crippen molar-refractivity contribution < 1.29 is 14.3 Å². The molecule has 9 heteroatoms.